The number of hydrogen-bond acceptors (Lipinski definition) is 2. The lowest BCUT2D eigenvalue weighted by Gasteiger charge is -2.36. The fraction of sp³-hybridized carbons (Fsp3) is 0.143. The van der Waals surface area contributed by atoms with Crippen LogP contribution < -0.4 is 14.5 Å². The standard InChI is InChI=1S/C14H14N2.BF3.FH/c1-15-11-7-3-5-9-13(11)16(2)14-10-6-4-8-12(14)15;2-1(3)4;/h3-10H,1-2H3;;1H/p-1. The van der Waals surface area contributed by atoms with E-state index in [2.05, 4.69) is 72.4 Å². The van der Waals surface area contributed by atoms with Gasteiger partial charge in [-0.25, -0.2) is 0 Å². The first-order valence-corrected chi connectivity index (χ1v) is 6.10. The van der Waals surface area contributed by atoms with Gasteiger partial charge in [0.15, 0.2) is 0 Å². The highest BCUT2D eigenvalue weighted by Gasteiger charge is 2.22. The molecular weight excluding hydrogens is 283 g/mol. The van der Waals surface area contributed by atoms with Crippen LogP contribution in [0.5, 0.6) is 0 Å². The normalized spacial score (nSPS) is 11.5. The molecule has 0 unspecified atom stereocenters. The van der Waals surface area contributed by atoms with Crippen molar-refractivity contribution in [3.8, 4) is 0 Å². The Morgan fingerprint density at radius 1 is 0.667 bits per heavy atom. The van der Waals surface area contributed by atoms with E-state index in [1.165, 1.54) is 22.7 Å². The largest absolute Gasteiger partial charge is 1.00 e. The van der Waals surface area contributed by atoms with Gasteiger partial charge in [-0.15, -0.1) is 0 Å². The van der Waals surface area contributed by atoms with Crippen LogP contribution in [0.25, 0.3) is 0 Å². The van der Waals surface area contributed by atoms with Crippen molar-refractivity contribution in [1.29, 1.82) is 0 Å². The van der Waals surface area contributed by atoms with Crippen molar-refractivity contribution >= 4 is 30.3 Å². The second kappa shape index (κ2) is 7.01. The number of fused-ring (bicyclic) bond motifs is 2. The molecule has 0 aromatic heterocycles. The highest BCUT2D eigenvalue weighted by molar-refractivity contribution is 6.33. The number of nitrogens with zero attached hydrogens (tertiary/aromatic N) is 2. The van der Waals surface area contributed by atoms with Crippen LogP contribution in [0.4, 0.5) is 35.7 Å². The Labute approximate surface area is 121 Å². The molecule has 2 nitrogen and oxygen atoms in total. The number of halogens is 4. The first kappa shape index (κ1) is 16.9. The number of benzene rings is 2. The summed E-state index contributed by atoms with van der Waals surface area (Å²) in [5.74, 6) is 0. The van der Waals surface area contributed by atoms with E-state index in [1.807, 2.05) is 0 Å². The Bertz CT molecular complexity index is 496. The topological polar surface area (TPSA) is 6.48 Å². The SMILES string of the molecule is CN1c2ccccc2N(C)c2ccccc21.FB(F)F.[F-]. The molecule has 21 heavy (non-hydrogen) atoms. The van der Waals surface area contributed by atoms with E-state index in [0.29, 0.717) is 0 Å². The van der Waals surface area contributed by atoms with Gasteiger partial charge in [0.25, 0.3) is 0 Å². The summed E-state index contributed by atoms with van der Waals surface area (Å²) in [6.45, 7) is 0. The molecule has 1 heterocycles. The third kappa shape index (κ3) is 3.48. The van der Waals surface area contributed by atoms with Gasteiger partial charge >= 0.3 is 7.54 Å². The summed E-state index contributed by atoms with van der Waals surface area (Å²) in [7, 11) is 0.565. The molecule has 0 aliphatic carbocycles. The molecule has 0 saturated heterocycles. The molecule has 1 aliphatic heterocycles. The van der Waals surface area contributed by atoms with E-state index in [1.54, 1.807) is 0 Å². The van der Waals surface area contributed by atoms with Crippen molar-refractivity contribution < 1.29 is 17.7 Å². The maximum absolute atomic E-state index is 9.67. The second-order valence-electron chi connectivity index (χ2n) is 4.34. The van der Waals surface area contributed by atoms with Crippen LogP contribution in [0.1, 0.15) is 0 Å². The molecule has 0 N–H and O–H groups in total. The lowest BCUT2D eigenvalue weighted by molar-refractivity contribution is -0.00000675. The first-order valence-electron chi connectivity index (χ1n) is 6.10. The van der Waals surface area contributed by atoms with Crippen LogP contribution >= 0.6 is 0 Å². The van der Waals surface area contributed by atoms with Crippen molar-refractivity contribution in [2.24, 2.45) is 0 Å². The van der Waals surface area contributed by atoms with E-state index in [0.717, 1.165) is 0 Å². The van der Waals surface area contributed by atoms with Crippen LogP contribution in [-0.2, 0) is 0 Å². The first-order chi connectivity index (χ1) is 9.52. The molecule has 7 heteroatoms. The fourth-order valence-corrected chi connectivity index (χ4v) is 2.32. The van der Waals surface area contributed by atoms with Crippen molar-refractivity contribution in [2.75, 3.05) is 23.9 Å². The average molecular weight is 297 g/mol. The average Bonchev–Trinajstić information content (AvgIpc) is 2.44. The van der Waals surface area contributed by atoms with E-state index >= 15 is 0 Å². The van der Waals surface area contributed by atoms with Gasteiger partial charge in [0.2, 0.25) is 0 Å². The molecule has 2 aromatic carbocycles. The van der Waals surface area contributed by atoms with Gasteiger partial charge in [-0.3, -0.25) is 12.9 Å². The zero-order chi connectivity index (χ0) is 14.7. The summed E-state index contributed by atoms with van der Waals surface area (Å²) in [6, 6.07) is 16.9. The minimum Gasteiger partial charge on any atom is -1.00 e. The summed E-state index contributed by atoms with van der Waals surface area (Å²) in [5.41, 5.74) is 5.01. The van der Waals surface area contributed by atoms with Crippen LogP contribution in [-0.4, -0.2) is 21.6 Å². The van der Waals surface area contributed by atoms with Crippen LogP contribution in [0.2, 0.25) is 0 Å². The minimum atomic E-state index is -3.67. The maximum atomic E-state index is 9.67. The molecule has 0 fully saturated rings. The molecule has 1 aliphatic rings. The molecule has 0 radical (unpaired) electrons. The number of para-hydroxylation sites is 4. The van der Waals surface area contributed by atoms with Gasteiger partial charge in [0, 0.05) is 14.1 Å². The van der Waals surface area contributed by atoms with E-state index in [-0.39, 0.29) is 4.70 Å². The molecular formula is C14H14BF4N2-. The predicted octanol–water partition coefficient (Wildman–Crippen LogP) is 1.42. The second-order valence-corrected chi connectivity index (χ2v) is 4.34. The number of anilines is 4. The van der Waals surface area contributed by atoms with Crippen molar-refractivity contribution in [3.05, 3.63) is 48.5 Å². The van der Waals surface area contributed by atoms with E-state index in [9.17, 15) is 12.9 Å². The minimum absolute atomic E-state index is 0. The predicted molar refractivity (Wildman–Crippen MR) is 78.1 cm³/mol. The Morgan fingerprint density at radius 2 is 0.857 bits per heavy atom. The molecule has 3 rings (SSSR count). The van der Waals surface area contributed by atoms with Crippen molar-refractivity contribution in [2.45, 2.75) is 0 Å². The summed E-state index contributed by atoms with van der Waals surface area (Å²) in [4.78, 5) is 4.48. The quantitative estimate of drug-likeness (QED) is 0.536. The van der Waals surface area contributed by atoms with E-state index < -0.39 is 7.54 Å². The lowest BCUT2D eigenvalue weighted by atomic mass is 10.1. The summed E-state index contributed by atoms with van der Waals surface area (Å²) < 4.78 is 29.0. The highest BCUT2D eigenvalue weighted by Crippen LogP contribution is 2.45. The van der Waals surface area contributed by atoms with Gasteiger partial charge in [-0.2, -0.15) is 0 Å². The third-order valence-corrected chi connectivity index (χ3v) is 3.21. The molecule has 0 spiro atoms. The Kier molecular flexibility index (Phi) is 5.64. The molecule has 0 atom stereocenters. The van der Waals surface area contributed by atoms with Crippen LogP contribution in [0.3, 0.4) is 0 Å². The summed E-state index contributed by atoms with van der Waals surface area (Å²) >= 11 is 0. The zero-order valence-corrected chi connectivity index (χ0v) is 11.6. The third-order valence-electron chi connectivity index (χ3n) is 3.21. The molecule has 0 bridgehead atoms. The van der Waals surface area contributed by atoms with Crippen molar-refractivity contribution in [3.63, 3.8) is 0 Å². The van der Waals surface area contributed by atoms with Gasteiger partial charge in [-0.1, -0.05) is 24.3 Å². The van der Waals surface area contributed by atoms with Crippen LogP contribution in [0.15, 0.2) is 48.5 Å². The molecule has 0 saturated carbocycles. The fourth-order valence-electron chi connectivity index (χ4n) is 2.32. The van der Waals surface area contributed by atoms with Gasteiger partial charge < -0.3 is 14.5 Å². The van der Waals surface area contributed by atoms with Crippen LogP contribution in [0, 0.1) is 0 Å². The summed E-state index contributed by atoms with van der Waals surface area (Å²) in [5, 5.41) is 0. The molecule has 112 valence electrons. The number of hydrogen-bond donors (Lipinski definition) is 0. The smallest absolute Gasteiger partial charge is 0.762 e. The summed E-state index contributed by atoms with van der Waals surface area (Å²) in [6.07, 6.45) is 0. The van der Waals surface area contributed by atoms with Crippen molar-refractivity contribution in [1.82, 2.24) is 0 Å². The number of rotatable bonds is 0. The van der Waals surface area contributed by atoms with Gasteiger partial charge in [-0.05, 0) is 24.3 Å². The van der Waals surface area contributed by atoms with Gasteiger partial charge in [0.1, 0.15) is 0 Å². The Balaban J connectivity index is 0.000000397. The maximum Gasteiger partial charge on any atom is 0.762 e. The Hall–Kier alpha value is -2.18. The molecule has 2 aromatic rings. The Morgan fingerprint density at radius 3 is 1.05 bits per heavy atom. The van der Waals surface area contributed by atoms with E-state index in [4.69, 9.17) is 0 Å². The highest BCUT2D eigenvalue weighted by atomic mass is 19.4. The van der Waals surface area contributed by atoms with Gasteiger partial charge in [0.05, 0.1) is 22.7 Å². The molecule has 0 amide bonds. The monoisotopic (exact) mass is 297 g/mol. The zero-order valence-electron chi connectivity index (χ0n) is 11.6. The lowest BCUT2D eigenvalue weighted by Crippen LogP contribution is -3.00.